The van der Waals surface area contributed by atoms with E-state index in [0.29, 0.717) is 17.9 Å². The Labute approximate surface area is 110 Å². The lowest BCUT2D eigenvalue weighted by Gasteiger charge is -2.08. The molecule has 0 fully saturated rings. The van der Waals surface area contributed by atoms with Gasteiger partial charge < -0.3 is 11.1 Å². The van der Waals surface area contributed by atoms with Crippen molar-refractivity contribution in [2.45, 2.75) is 11.4 Å². The Morgan fingerprint density at radius 3 is 2.68 bits per heavy atom. The van der Waals surface area contributed by atoms with Gasteiger partial charge in [0.05, 0.1) is 17.1 Å². The Balaban J connectivity index is 2.19. The standard InChI is InChI=1S/C11H13N5O2S/c12-8-4-10(6-11(5-8)19(13,17)18)14-7-9-2-1-3-15-16-9/h1-6,14H,7,12H2,(H2,13,17,18). The molecule has 0 bridgehead atoms. The van der Waals surface area contributed by atoms with Crippen LogP contribution in [0.2, 0.25) is 0 Å². The molecule has 0 radical (unpaired) electrons. The molecule has 2 rings (SSSR count). The fraction of sp³-hybridized carbons (Fsp3) is 0.0909. The van der Waals surface area contributed by atoms with Crippen LogP contribution in [0.25, 0.3) is 0 Å². The van der Waals surface area contributed by atoms with E-state index in [2.05, 4.69) is 15.5 Å². The normalized spacial score (nSPS) is 11.2. The Morgan fingerprint density at radius 2 is 2.05 bits per heavy atom. The highest BCUT2D eigenvalue weighted by Gasteiger charge is 2.09. The number of nitrogens with two attached hydrogens (primary N) is 2. The first-order valence-corrected chi connectivity index (χ1v) is 6.93. The summed E-state index contributed by atoms with van der Waals surface area (Å²) in [6.07, 6.45) is 1.57. The van der Waals surface area contributed by atoms with Gasteiger partial charge in [-0.15, -0.1) is 0 Å². The van der Waals surface area contributed by atoms with Gasteiger partial charge in [0.15, 0.2) is 0 Å². The maximum atomic E-state index is 11.3. The summed E-state index contributed by atoms with van der Waals surface area (Å²) in [6, 6.07) is 7.90. The third-order valence-corrected chi connectivity index (χ3v) is 3.25. The molecule has 5 N–H and O–H groups in total. The molecule has 0 saturated carbocycles. The van der Waals surface area contributed by atoms with Crippen molar-refractivity contribution in [3.63, 3.8) is 0 Å². The minimum Gasteiger partial charge on any atom is -0.399 e. The molecule has 0 spiro atoms. The summed E-state index contributed by atoms with van der Waals surface area (Å²) in [7, 11) is -3.78. The third-order valence-electron chi connectivity index (χ3n) is 2.36. The van der Waals surface area contributed by atoms with Crippen LogP contribution in [0, 0.1) is 0 Å². The van der Waals surface area contributed by atoms with E-state index in [1.165, 1.54) is 12.1 Å². The van der Waals surface area contributed by atoms with Gasteiger partial charge >= 0.3 is 0 Å². The van der Waals surface area contributed by atoms with E-state index in [1.54, 1.807) is 24.4 Å². The van der Waals surface area contributed by atoms with Gasteiger partial charge in [-0.1, -0.05) is 0 Å². The van der Waals surface area contributed by atoms with E-state index >= 15 is 0 Å². The molecule has 0 saturated heterocycles. The molecule has 0 aliphatic rings. The minimum atomic E-state index is -3.78. The average molecular weight is 279 g/mol. The second-order valence-electron chi connectivity index (χ2n) is 3.90. The maximum absolute atomic E-state index is 11.3. The minimum absolute atomic E-state index is 0.0332. The second-order valence-corrected chi connectivity index (χ2v) is 5.47. The van der Waals surface area contributed by atoms with E-state index < -0.39 is 10.0 Å². The van der Waals surface area contributed by atoms with Crippen molar-refractivity contribution >= 4 is 21.4 Å². The van der Waals surface area contributed by atoms with Crippen molar-refractivity contribution < 1.29 is 8.42 Å². The summed E-state index contributed by atoms with van der Waals surface area (Å²) in [5.74, 6) is 0. The molecule has 7 nitrogen and oxygen atoms in total. The van der Waals surface area contributed by atoms with Crippen molar-refractivity contribution in [1.82, 2.24) is 10.2 Å². The summed E-state index contributed by atoms with van der Waals surface area (Å²) in [4.78, 5) is -0.0332. The summed E-state index contributed by atoms with van der Waals surface area (Å²) in [5, 5.41) is 15.7. The SMILES string of the molecule is Nc1cc(NCc2cccnn2)cc(S(N)(=O)=O)c1. The van der Waals surface area contributed by atoms with Gasteiger partial charge in [-0.3, -0.25) is 0 Å². The van der Waals surface area contributed by atoms with Gasteiger partial charge in [0.25, 0.3) is 0 Å². The summed E-state index contributed by atoms with van der Waals surface area (Å²) in [6.45, 7) is 0.404. The molecular formula is C11H13N5O2S. The van der Waals surface area contributed by atoms with Crippen LogP contribution in [-0.2, 0) is 16.6 Å². The maximum Gasteiger partial charge on any atom is 0.238 e. The van der Waals surface area contributed by atoms with Crippen molar-refractivity contribution in [3.8, 4) is 0 Å². The molecule has 19 heavy (non-hydrogen) atoms. The Hall–Kier alpha value is -2.19. The zero-order chi connectivity index (χ0) is 13.9. The van der Waals surface area contributed by atoms with Crippen LogP contribution in [0.5, 0.6) is 0 Å². The molecule has 0 aliphatic carbocycles. The largest absolute Gasteiger partial charge is 0.399 e. The van der Waals surface area contributed by atoms with Crippen molar-refractivity contribution in [2.75, 3.05) is 11.1 Å². The van der Waals surface area contributed by atoms with Gasteiger partial charge in [-0.25, -0.2) is 13.6 Å². The number of nitrogen functional groups attached to an aromatic ring is 1. The number of hydrogen-bond donors (Lipinski definition) is 3. The number of anilines is 2. The number of benzene rings is 1. The Bertz CT molecular complexity index is 673. The number of rotatable bonds is 4. The quantitative estimate of drug-likeness (QED) is 0.692. The number of nitrogens with zero attached hydrogens (tertiary/aromatic N) is 2. The van der Waals surface area contributed by atoms with Crippen LogP contribution in [0.3, 0.4) is 0 Å². The summed E-state index contributed by atoms with van der Waals surface area (Å²) >= 11 is 0. The van der Waals surface area contributed by atoms with Gasteiger partial charge in [0.1, 0.15) is 0 Å². The molecule has 0 unspecified atom stereocenters. The van der Waals surface area contributed by atoms with Gasteiger partial charge in [-0.2, -0.15) is 10.2 Å². The second kappa shape index (κ2) is 5.21. The molecule has 0 aliphatic heterocycles. The lowest BCUT2D eigenvalue weighted by Crippen LogP contribution is -2.13. The lowest BCUT2D eigenvalue weighted by molar-refractivity contribution is 0.598. The molecule has 8 heteroatoms. The number of hydrogen-bond acceptors (Lipinski definition) is 6. The third kappa shape index (κ3) is 3.63. The van der Waals surface area contributed by atoms with E-state index in [-0.39, 0.29) is 4.90 Å². The number of sulfonamides is 1. The van der Waals surface area contributed by atoms with Crippen LogP contribution >= 0.6 is 0 Å². The Kier molecular flexibility index (Phi) is 3.63. The number of aromatic nitrogens is 2. The summed E-state index contributed by atoms with van der Waals surface area (Å²) in [5.41, 5.74) is 7.22. The predicted octanol–water partition coefficient (Wildman–Crippen LogP) is 0.318. The molecule has 100 valence electrons. The highest BCUT2D eigenvalue weighted by Crippen LogP contribution is 2.19. The number of primary sulfonamides is 1. The molecule has 0 atom stereocenters. The van der Waals surface area contributed by atoms with Crippen LogP contribution < -0.4 is 16.2 Å². The van der Waals surface area contributed by atoms with E-state index in [1.807, 2.05) is 0 Å². The van der Waals surface area contributed by atoms with Crippen molar-refractivity contribution in [1.29, 1.82) is 0 Å². The van der Waals surface area contributed by atoms with Crippen LogP contribution in [0.4, 0.5) is 11.4 Å². The number of nitrogens with one attached hydrogen (secondary N) is 1. The van der Waals surface area contributed by atoms with Crippen molar-refractivity contribution in [3.05, 3.63) is 42.2 Å². The molecular weight excluding hydrogens is 266 g/mol. The molecule has 1 aromatic carbocycles. The van der Waals surface area contributed by atoms with E-state index in [0.717, 1.165) is 5.69 Å². The summed E-state index contributed by atoms with van der Waals surface area (Å²) < 4.78 is 22.6. The fourth-order valence-electron chi connectivity index (χ4n) is 1.51. The van der Waals surface area contributed by atoms with E-state index in [9.17, 15) is 8.42 Å². The zero-order valence-electron chi connectivity index (χ0n) is 9.95. The first-order valence-electron chi connectivity index (χ1n) is 5.39. The van der Waals surface area contributed by atoms with Crippen LogP contribution in [0.15, 0.2) is 41.4 Å². The highest BCUT2D eigenvalue weighted by molar-refractivity contribution is 7.89. The zero-order valence-corrected chi connectivity index (χ0v) is 10.8. The Morgan fingerprint density at radius 1 is 1.26 bits per heavy atom. The highest BCUT2D eigenvalue weighted by atomic mass is 32.2. The van der Waals surface area contributed by atoms with Gasteiger partial charge in [0.2, 0.25) is 10.0 Å². The van der Waals surface area contributed by atoms with Gasteiger partial charge in [-0.05, 0) is 30.3 Å². The van der Waals surface area contributed by atoms with Crippen molar-refractivity contribution in [2.24, 2.45) is 5.14 Å². The first-order chi connectivity index (χ1) is 8.95. The van der Waals surface area contributed by atoms with Crippen LogP contribution in [-0.4, -0.2) is 18.6 Å². The van der Waals surface area contributed by atoms with Gasteiger partial charge in [0, 0.05) is 17.6 Å². The monoisotopic (exact) mass is 279 g/mol. The average Bonchev–Trinajstić information content (AvgIpc) is 2.36. The van der Waals surface area contributed by atoms with Crippen LogP contribution in [0.1, 0.15) is 5.69 Å². The molecule has 0 amide bonds. The first kappa shape index (κ1) is 13.2. The lowest BCUT2D eigenvalue weighted by atomic mass is 10.2. The predicted molar refractivity (Wildman–Crippen MR) is 71.6 cm³/mol. The molecule has 2 aromatic rings. The topological polar surface area (TPSA) is 124 Å². The molecule has 1 heterocycles. The van der Waals surface area contributed by atoms with E-state index in [4.69, 9.17) is 10.9 Å². The smallest absolute Gasteiger partial charge is 0.238 e. The molecule has 1 aromatic heterocycles. The fourth-order valence-corrected chi connectivity index (χ4v) is 2.10.